The van der Waals surface area contributed by atoms with Gasteiger partial charge in [0.2, 0.25) is 0 Å². The number of pyridine rings is 1. The van der Waals surface area contributed by atoms with E-state index in [2.05, 4.69) is 43.7 Å². The lowest BCUT2D eigenvalue weighted by molar-refractivity contribution is 0.409. The van der Waals surface area contributed by atoms with Crippen molar-refractivity contribution in [1.82, 2.24) is 15.6 Å². The van der Waals surface area contributed by atoms with Crippen molar-refractivity contribution >= 4 is 35.8 Å². The molecule has 0 spiro atoms. The monoisotopic (exact) mass is 509 g/mol. The molecule has 0 aliphatic carbocycles. The van der Waals surface area contributed by atoms with Crippen LogP contribution >= 0.6 is 24.0 Å². The van der Waals surface area contributed by atoms with Crippen LogP contribution in [0.2, 0.25) is 0 Å². The number of anilines is 1. The van der Waals surface area contributed by atoms with Crippen molar-refractivity contribution in [3.63, 3.8) is 0 Å². The molecule has 3 rings (SSSR count). The van der Waals surface area contributed by atoms with Gasteiger partial charge >= 0.3 is 0 Å². The third kappa shape index (κ3) is 7.06. The van der Waals surface area contributed by atoms with Crippen molar-refractivity contribution in [2.75, 3.05) is 38.7 Å². The molecule has 0 amide bonds. The lowest BCUT2D eigenvalue weighted by atomic mass is 10.1. The summed E-state index contributed by atoms with van der Waals surface area (Å²) < 4.78 is 5.41. The summed E-state index contributed by atoms with van der Waals surface area (Å²) in [6, 6.07) is 12.3. The second-order valence-corrected chi connectivity index (χ2v) is 6.98. The van der Waals surface area contributed by atoms with E-state index in [1.807, 2.05) is 24.4 Å². The highest BCUT2D eigenvalue weighted by Gasteiger charge is 2.12. The van der Waals surface area contributed by atoms with Gasteiger partial charge < -0.3 is 20.3 Å². The van der Waals surface area contributed by atoms with Gasteiger partial charge in [-0.3, -0.25) is 4.99 Å². The van der Waals surface area contributed by atoms with E-state index >= 15 is 0 Å². The third-order valence-electron chi connectivity index (χ3n) is 5.05. The zero-order valence-electron chi connectivity index (χ0n) is 17.4. The average Bonchev–Trinajstić information content (AvgIpc) is 2.77. The van der Waals surface area contributed by atoms with E-state index in [4.69, 9.17) is 4.74 Å². The van der Waals surface area contributed by atoms with E-state index in [1.165, 1.54) is 30.4 Å². The van der Waals surface area contributed by atoms with Crippen molar-refractivity contribution < 1.29 is 4.74 Å². The van der Waals surface area contributed by atoms with E-state index in [1.54, 1.807) is 14.2 Å². The molecule has 29 heavy (non-hydrogen) atoms. The summed E-state index contributed by atoms with van der Waals surface area (Å²) >= 11 is 0. The number of hydrogen-bond acceptors (Lipinski definition) is 4. The summed E-state index contributed by atoms with van der Waals surface area (Å²) in [4.78, 5) is 11.3. The molecular weight excluding hydrogens is 477 g/mol. The second-order valence-electron chi connectivity index (χ2n) is 6.98. The van der Waals surface area contributed by atoms with Gasteiger partial charge in [0.05, 0.1) is 7.11 Å². The normalized spacial score (nSPS) is 14.1. The molecule has 2 N–H and O–H groups in total. The van der Waals surface area contributed by atoms with Crippen LogP contribution in [0.5, 0.6) is 5.75 Å². The zero-order valence-corrected chi connectivity index (χ0v) is 19.7. The quantitative estimate of drug-likeness (QED) is 0.340. The first-order valence-corrected chi connectivity index (χ1v) is 10.1. The number of piperidine rings is 1. The Hall–Kier alpha value is -2.03. The number of hydrogen-bond donors (Lipinski definition) is 2. The summed E-state index contributed by atoms with van der Waals surface area (Å²) in [6.45, 7) is 3.72. The van der Waals surface area contributed by atoms with Crippen LogP contribution in [0, 0.1) is 0 Å². The summed E-state index contributed by atoms with van der Waals surface area (Å²) in [5, 5.41) is 6.77. The first-order valence-electron chi connectivity index (χ1n) is 10.1. The van der Waals surface area contributed by atoms with Crippen LogP contribution in [0.4, 0.5) is 5.82 Å². The smallest absolute Gasteiger partial charge is 0.191 e. The van der Waals surface area contributed by atoms with Gasteiger partial charge in [0.25, 0.3) is 0 Å². The number of rotatable bonds is 7. The van der Waals surface area contributed by atoms with E-state index in [0.717, 1.165) is 50.1 Å². The number of benzene rings is 1. The molecule has 0 radical (unpaired) electrons. The van der Waals surface area contributed by atoms with Gasteiger partial charge in [-0.15, -0.1) is 24.0 Å². The SMILES string of the molecule is CN=C(NCCc1ccccc1OC)NCc1ccnc(N2CCCCC2)c1.I. The van der Waals surface area contributed by atoms with Gasteiger partial charge in [-0.1, -0.05) is 18.2 Å². The minimum Gasteiger partial charge on any atom is -0.496 e. The Morgan fingerprint density at radius 2 is 1.93 bits per heavy atom. The number of para-hydroxylation sites is 1. The lowest BCUT2D eigenvalue weighted by Gasteiger charge is -2.28. The molecule has 0 saturated carbocycles. The average molecular weight is 509 g/mol. The number of guanidine groups is 1. The molecule has 0 unspecified atom stereocenters. The number of aromatic nitrogens is 1. The van der Waals surface area contributed by atoms with Crippen LogP contribution in [-0.4, -0.2) is 44.7 Å². The predicted octanol–water partition coefficient (Wildman–Crippen LogP) is 3.61. The molecule has 2 aromatic rings. The first-order chi connectivity index (χ1) is 13.8. The second kappa shape index (κ2) is 12.5. The summed E-state index contributed by atoms with van der Waals surface area (Å²) in [7, 11) is 3.50. The Morgan fingerprint density at radius 3 is 2.69 bits per heavy atom. The van der Waals surface area contributed by atoms with E-state index in [9.17, 15) is 0 Å². The van der Waals surface area contributed by atoms with Crippen molar-refractivity contribution in [2.24, 2.45) is 4.99 Å². The highest BCUT2D eigenvalue weighted by molar-refractivity contribution is 14.0. The van der Waals surface area contributed by atoms with Gasteiger partial charge in [-0.25, -0.2) is 4.98 Å². The maximum Gasteiger partial charge on any atom is 0.191 e. The molecule has 1 aromatic heterocycles. The minimum atomic E-state index is 0. The van der Waals surface area contributed by atoms with Crippen molar-refractivity contribution in [2.45, 2.75) is 32.2 Å². The number of ether oxygens (including phenoxy) is 1. The molecule has 0 atom stereocenters. The molecular formula is C22H32IN5O. The maximum absolute atomic E-state index is 5.41. The van der Waals surface area contributed by atoms with Crippen molar-refractivity contribution in [1.29, 1.82) is 0 Å². The van der Waals surface area contributed by atoms with E-state index in [-0.39, 0.29) is 24.0 Å². The van der Waals surface area contributed by atoms with Crippen molar-refractivity contribution in [3.05, 3.63) is 53.7 Å². The Bertz CT molecular complexity index is 777. The van der Waals surface area contributed by atoms with Crippen LogP contribution in [-0.2, 0) is 13.0 Å². The standard InChI is InChI=1S/C22H31N5O.HI/c1-23-22(25-13-11-19-8-4-5-9-20(19)28-2)26-17-18-10-12-24-21(16-18)27-14-6-3-7-15-27;/h4-5,8-10,12,16H,3,6-7,11,13-15,17H2,1-2H3,(H2,23,25,26);1H. The number of methoxy groups -OCH3 is 1. The fraction of sp³-hybridized carbons (Fsp3) is 0.455. The van der Waals surface area contributed by atoms with Gasteiger partial charge in [0.15, 0.2) is 5.96 Å². The molecule has 1 aliphatic heterocycles. The largest absolute Gasteiger partial charge is 0.496 e. The minimum absolute atomic E-state index is 0. The first kappa shape index (κ1) is 23.3. The topological polar surface area (TPSA) is 61.8 Å². The fourth-order valence-corrected chi connectivity index (χ4v) is 3.50. The molecule has 0 bridgehead atoms. The fourth-order valence-electron chi connectivity index (χ4n) is 3.50. The van der Waals surface area contributed by atoms with Gasteiger partial charge in [-0.2, -0.15) is 0 Å². The molecule has 2 heterocycles. The predicted molar refractivity (Wildman–Crippen MR) is 131 cm³/mol. The van der Waals surface area contributed by atoms with E-state index < -0.39 is 0 Å². The van der Waals surface area contributed by atoms with Crippen LogP contribution in [0.3, 0.4) is 0 Å². The molecule has 7 heteroatoms. The van der Waals surface area contributed by atoms with Crippen LogP contribution < -0.4 is 20.3 Å². The molecule has 1 aliphatic rings. The highest BCUT2D eigenvalue weighted by Crippen LogP contribution is 2.18. The number of halogens is 1. The summed E-state index contributed by atoms with van der Waals surface area (Å²) in [5.41, 5.74) is 2.40. The molecule has 6 nitrogen and oxygen atoms in total. The lowest BCUT2D eigenvalue weighted by Crippen LogP contribution is -2.38. The summed E-state index contributed by atoms with van der Waals surface area (Å²) in [6.07, 6.45) is 6.62. The van der Waals surface area contributed by atoms with Crippen LogP contribution in [0.1, 0.15) is 30.4 Å². The van der Waals surface area contributed by atoms with Crippen molar-refractivity contribution in [3.8, 4) is 5.75 Å². The zero-order chi connectivity index (χ0) is 19.6. The molecule has 1 fully saturated rings. The Labute approximate surface area is 191 Å². The third-order valence-corrected chi connectivity index (χ3v) is 5.05. The van der Waals surface area contributed by atoms with E-state index in [0.29, 0.717) is 0 Å². The van der Waals surface area contributed by atoms with Gasteiger partial charge in [0, 0.05) is 39.4 Å². The summed E-state index contributed by atoms with van der Waals surface area (Å²) in [5.74, 6) is 2.80. The maximum atomic E-state index is 5.41. The molecule has 158 valence electrons. The van der Waals surface area contributed by atoms with Gasteiger partial charge in [0.1, 0.15) is 11.6 Å². The number of aliphatic imine (C=N–C) groups is 1. The molecule has 1 saturated heterocycles. The highest BCUT2D eigenvalue weighted by atomic mass is 127. The number of nitrogens with one attached hydrogen (secondary N) is 2. The van der Waals surface area contributed by atoms with Crippen LogP contribution in [0.25, 0.3) is 0 Å². The van der Waals surface area contributed by atoms with Crippen LogP contribution in [0.15, 0.2) is 47.6 Å². The number of nitrogens with zero attached hydrogens (tertiary/aromatic N) is 3. The van der Waals surface area contributed by atoms with Gasteiger partial charge in [-0.05, 0) is 55.0 Å². The Morgan fingerprint density at radius 1 is 1.14 bits per heavy atom. The Balaban J connectivity index is 0.00000300. The Kier molecular flexibility index (Phi) is 10.0. The molecule has 1 aromatic carbocycles.